The van der Waals surface area contributed by atoms with Crippen molar-refractivity contribution in [3.8, 4) is 0 Å². The third kappa shape index (κ3) is 8.09. The quantitative estimate of drug-likeness (QED) is 0.272. The van der Waals surface area contributed by atoms with Crippen molar-refractivity contribution in [2.75, 3.05) is 6.54 Å². The van der Waals surface area contributed by atoms with E-state index < -0.39 is 36.3 Å². The number of carboxylic acids is 3. The third-order valence-corrected chi connectivity index (χ3v) is 2.63. The molecule has 0 saturated heterocycles. The molecule has 0 radical (unpaired) electrons. The molecule has 20 heavy (non-hydrogen) atoms. The first kappa shape index (κ1) is 17.9. The highest BCUT2D eigenvalue weighted by molar-refractivity contribution is 5.80. The van der Waals surface area contributed by atoms with Crippen molar-refractivity contribution in [2.45, 2.75) is 31.7 Å². The SMILES string of the molecule is C=C(O)CC(CCCNC(CC(=O)O)C(=O)O)C(=O)O. The summed E-state index contributed by atoms with van der Waals surface area (Å²) in [6.07, 6.45) is -0.0487. The normalized spacial score (nSPS) is 13.4. The molecule has 0 fully saturated rings. The van der Waals surface area contributed by atoms with Gasteiger partial charge >= 0.3 is 17.9 Å². The summed E-state index contributed by atoms with van der Waals surface area (Å²) in [4.78, 5) is 32.1. The molecule has 0 aliphatic carbocycles. The number of carbonyl (C=O) groups is 3. The van der Waals surface area contributed by atoms with E-state index in [9.17, 15) is 14.4 Å². The molecule has 0 aromatic carbocycles. The van der Waals surface area contributed by atoms with E-state index in [0.29, 0.717) is 6.42 Å². The Morgan fingerprint density at radius 1 is 1.00 bits per heavy atom. The van der Waals surface area contributed by atoms with Crippen LogP contribution < -0.4 is 5.32 Å². The Kier molecular flexibility index (Phi) is 7.98. The van der Waals surface area contributed by atoms with Crippen LogP contribution in [0.2, 0.25) is 0 Å². The van der Waals surface area contributed by atoms with E-state index in [1.54, 1.807) is 0 Å². The fourth-order valence-corrected chi connectivity index (χ4v) is 1.64. The first-order valence-corrected chi connectivity index (χ1v) is 6.01. The molecule has 0 bridgehead atoms. The van der Waals surface area contributed by atoms with Gasteiger partial charge in [0.1, 0.15) is 6.04 Å². The Bertz CT molecular complexity index is 344. The van der Waals surface area contributed by atoms with Gasteiger partial charge in [0, 0.05) is 6.42 Å². The number of hydrogen-bond donors (Lipinski definition) is 5. The molecule has 0 spiro atoms. The molecule has 5 N–H and O–H groups in total. The van der Waals surface area contributed by atoms with E-state index in [4.69, 9.17) is 20.4 Å². The van der Waals surface area contributed by atoms with Crippen molar-refractivity contribution in [3.05, 3.63) is 12.3 Å². The van der Waals surface area contributed by atoms with Gasteiger partial charge in [-0.2, -0.15) is 0 Å². The second-order valence-electron chi connectivity index (χ2n) is 4.39. The Balaban J connectivity index is 4.13. The van der Waals surface area contributed by atoms with Crippen molar-refractivity contribution >= 4 is 17.9 Å². The predicted molar refractivity (Wildman–Crippen MR) is 68.4 cm³/mol. The highest BCUT2D eigenvalue weighted by Gasteiger charge is 2.21. The highest BCUT2D eigenvalue weighted by atomic mass is 16.4. The minimum Gasteiger partial charge on any atom is -0.513 e. The molecule has 0 aromatic heterocycles. The van der Waals surface area contributed by atoms with Gasteiger partial charge in [-0.15, -0.1) is 0 Å². The Morgan fingerprint density at radius 2 is 1.60 bits per heavy atom. The summed E-state index contributed by atoms with van der Waals surface area (Å²) in [6, 6.07) is -1.21. The summed E-state index contributed by atoms with van der Waals surface area (Å²) < 4.78 is 0. The molecule has 2 unspecified atom stereocenters. The average Bonchev–Trinajstić information content (AvgIpc) is 2.29. The van der Waals surface area contributed by atoms with Crippen molar-refractivity contribution in [2.24, 2.45) is 5.92 Å². The lowest BCUT2D eigenvalue weighted by Crippen LogP contribution is -2.39. The number of hydrogen-bond acceptors (Lipinski definition) is 5. The van der Waals surface area contributed by atoms with Crippen LogP contribution in [-0.2, 0) is 14.4 Å². The lowest BCUT2D eigenvalue weighted by molar-refractivity contribution is -0.146. The summed E-state index contributed by atoms with van der Waals surface area (Å²) in [6.45, 7) is 3.40. The molecule has 2 atom stereocenters. The van der Waals surface area contributed by atoms with Gasteiger partial charge in [-0.1, -0.05) is 6.58 Å². The van der Waals surface area contributed by atoms with Crippen LogP contribution in [0.5, 0.6) is 0 Å². The minimum absolute atomic E-state index is 0.0627. The monoisotopic (exact) mass is 289 g/mol. The molecule has 0 aliphatic heterocycles. The first-order chi connectivity index (χ1) is 9.23. The van der Waals surface area contributed by atoms with Gasteiger partial charge in [-0.3, -0.25) is 14.4 Å². The van der Waals surface area contributed by atoms with Gasteiger partial charge in [0.05, 0.1) is 18.1 Å². The van der Waals surface area contributed by atoms with E-state index in [1.165, 1.54) is 0 Å². The van der Waals surface area contributed by atoms with Crippen molar-refractivity contribution in [3.63, 3.8) is 0 Å². The number of rotatable bonds is 11. The number of aliphatic carboxylic acids is 3. The van der Waals surface area contributed by atoms with E-state index in [-0.39, 0.29) is 25.1 Å². The number of aliphatic hydroxyl groups is 1. The van der Waals surface area contributed by atoms with Gasteiger partial charge in [0.25, 0.3) is 0 Å². The summed E-state index contributed by atoms with van der Waals surface area (Å²) in [5, 5.41) is 37.7. The highest BCUT2D eigenvalue weighted by Crippen LogP contribution is 2.15. The van der Waals surface area contributed by atoms with Crippen LogP contribution in [-0.4, -0.2) is 50.9 Å². The zero-order chi connectivity index (χ0) is 15.7. The Hall–Kier alpha value is -2.09. The summed E-state index contributed by atoms with van der Waals surface area (Å²) in [5.41, 5.74) is 0. The number of carboxylic acid groups (broad SMARTS) is 3. The van der Waals surface area contributed by atoms with Gasteiger partial charge < -0.3 is 25.7 Å². The molecule has 0 rings (SSSR count). The smallest absolute Gasteiger partial charge is 0.321 e. The standard InChI is InChI=1S/C12H19NO7/c1-7(14)5-8(11(17)18)3-2-4-13-9(12(19)20)6-10(15)16/h8-9,13-14H,1-6H2,(H,15,16)(H,17,18)(H,19,20). The van der Waals surface area contributed by atoms with E-state index in [0.717, 1.165) is 0 Å². The fourth-order valence-electron chi connectivity index (χ4n) is 1.64. The summed E-state index contributed by atoms with van der Waals surface area (Å²) in [7, 11) is 0. The molecule has 0 amide bonds. The summed E-state index contributed by atoms with van der Waals surface area (Å²) in [5.74, 6) is -4.59. The molecule has 0 saturated carbocycles. The molecule has 114 valence electrons. The van der Waals surface area contributed by atoms with Crippen molar-refractivity contribution < 1.29 is 34.8 Å². The van der Waals surface area contributed by atoms with Crippen LogP contribution in [0.15, 0.2) is 12.3 Å². The molecule has 0 aliphatic rings. The second-order valence-corrected chi connectivity index (χ2v) is 4.39. The van der Waals surface area contributed by atoms with Crippen molar-refractivity contribution in [1.82, 2.24) is 5.32 Å². The zero-order valence-electron chi connectivity index (χ0n) is 10.9. The van der Waals surface area contributed by atoms with Crippen LogP contribution >= 0.6 is 0 Å². The lowest BCUT2D eigenvalue weighted by Gasteiger charge is -2.14. The maximum absolute atomic E-state index is 10.9. The molecule has 0 heterocycles. The number of aliphatic hydroxyl groups excluding tert-OH is 1. The maximum Gasteiger partial charge on any atom is 0.321 e. The topological polar surface area (TPSA) is 144 Å². The van der Waals surface area contributed by atoms with Crippen LogP contribution in [0.1, 0.15) is 25.7 Å². The van der Waals surface area contributed by atoms with Crippen LogP contribution in [0.3, 0.4) is 0 Å². The molecular formula is C12H19NO7. The molecule has 0 aromatic rings. The van der Waals surface area contributed by atoms with Gasteiger partial charge in [-0.05, 0) is 19.4 Å². The van der Waals surface area contributed by atoms with E-state index in [2.05, 4.69) is 11.9 Å². The Labute approximate surface area is 115 Å². The number of allylic oxidation sites excluding steroid dienone is 1. The minimum atomic E-state index is -1.27. The van der Waals surface area contributed by atoms with Gasteiger partial charge in [-0.25, -0.2) is 0 Å². The largest absolute Gasteiger partial charge is 0.513 e. The Morgan fingerprint density at radius 3 is 2.00 bits per heavy atom. The van der Waals surface area contributed by atoms with Crippen LogP contribution in [0.25, 0.3) is 0 Å². The molecular weight excluding hydrogens is 270 g/mol. The summed E-state index contributed by atoms with van der Waals surface area (Å²) >= 11 is 0. The number of nitrogens with one attached hydrogen (secondary N) is 1. The first-order valence-electron chi connectivity index (χ1n) is 6.01. The zero-order valence-corrected chi connectivity index (χ0v) is 10.9. The van der Waals surface area contributed by atoms with E-state index in [1.807, 2.05) is 0 Å². The van der Waals surface area contributed by atoms with Gasteiger partial charge in [0.2, 0.25) is 0 Å². The van der Waals surface area contributed by atoms with Gasteiger partial charge in [0.15, 0.2) is 0 Å². The molecule has 8 nitrogen and oxygen atoms in total. The predicted octanol–water partition coefficient (Wildman–Crippen LogP) is 0.447. The second kappa shape index (κ2) is 8.92. The van der Waals surface area contributed by atoms with Crippen molar-refractivity contribution in [1.29, 1.82) is 0 Å². The average molecular weight is 289 g/mol. The van der Waals surface area contributed by atoms with E-state index >= 15 is 0 Å². The maximum atomic E-state index is 10.9. The van der Waals surface area contributed by atoms with Crippen LogP contribution in [0, 0.1) is 5.92 Å². The fraction of sp³-hybridized carbons (Fsp3) is 0.583. The van der Waals surface area contributed by atoms with Crippen LogP contribution in [0.4, 0.5) is 0 Å². The third-order valence-electron chi connectivity index (χ3n) is 2.63. The molecule has 8 heteroatoms. The lowest BCUT2D eigenvalue weighted by atomic mass is 9.98.